The number of rotatable bonds is 5. The molecule has 114 valence electrons. The zero-order chi connectivity index (χ0) is 16.1. The Labute approximate surface area is 127 Å². The fourth-order valence-corrected chi connectivity index (χ4v) is 1.98. The van der Waals surface area contributed by atoms with Crippen LogP contribution in [0.2, 0.25) is 0 Å². The molecule has 0 heterocycles. The van der Waals surface area contributed by atoms with E-state index in [1.807, 2.05) is 0 Å². The Hall–Kier alpha value is -2.82. The first-order valence-electron chi connectivity index (χ1n) is 6.48. The van der Waals surface area contributed by atoms with Crippen molar-refractivity contribution in [3.05, 3.63) is 59.4 Å². The Bertz CT molecular complexity index is 723. The molecule has 0 aliphatic carbocycles. The highest BCUT2D eigenvalue weighted by atomic mass is 19.1. The number of para-hydroxylation sites is 1. The van der Waals surface area contributed by atoms with E-state index < -0.39 is 5.82 Å². The molecule has 0 fully saturated rings. The van der Waals surface area contributed by atoms with Crippen molar-refractivity contribution in [2.75, 3.05) is 14.2 Å². The van der Waals surface area contributed by atoms with Gasteiger partial charge in [0.15, 0.2) is 28.8 Å². The van der Waals surface area contributed by atoms with E-state index >= 15 is 0 Å². The number of aromatic hydroxyl groups is 1. The Balaban J connectivity index is 2.25. The highest BCUT2D eigenvalue weighted by molar-refractivity contribution is 6.07. The number of ketones is 1. The van der Waals surface area contributed by atoms with Gasteiger partial charge >= 0.3 is 0 Å². The minimum absolute atomic E-state index is 0.0207. The maximum atomic E-state index is 13.6. The van der Waals surface area contributed by atoms with Gasteiger partial charge in [-0.2, -0.15) is 0 Å². The highest BCUT2D eigenvalue weighted by Gasteiger charge is 2.09. The lowest BCUT2D eigenvalue weighted by atomic mass is 10.1. The molecule has 0 unspecified atom stereocenters. The second-order valence-corrected chi connectivity index (χ2v) is 4.45. The molecule has 0 aromatic heterocycles. The van der Waals surface area contributed by atoms with Gasteiger partial charge in [-0.05, 0) is 36.4 Å². The SMILES string of the molecule is COc1ccc(C(=O)/C=C/c2cccc(O)c2OC)cc1F. The van der Waals surface area contributed by atoms with Crippen LogP contribution < -0.4 is 9.47 Å². The number of carbonyl (C=O) groups is 1. The zero-order valence-corrected chi connectivity index (χ0v) is 12.2. The highest BCUT2D eigenvalue weighted by Crippen LogP contribution is 2.30. The van der Waals surface area contributed by atoms with Crippen LogP contribution in [0.25, 0.3) is 6.08 Å². The molecule has 0 radical (unpaired) electrons. The molecular weight excluding hydrogens is 287 g/mol. The van der Waals surface area contributed by atoms with Crippen molar-refractivity contribution in [1.29, 1.82) is 0 Å². The first-order valence-corrected chi connectivity index (χ1v) is 6.48. The molecular formula is C17H15FO4. The summed E-state index contributed by atoms with van der Waals surface area (Å²) in [6.07, 6.45) is 2.79. The number of carbonyl (C=O) groups excluding carboxylic acids is 1. The Morgan fingerprint density at radius 1 is 1.18 bits per heavy atom. The van der Waals surface area contributed by atoms with Crippen LogP contribution in [0.3, 0.4) is 0 Å². The molecule has 22 heavy (non-hydrogen) atoms. The van der Waals surface area contributed by atoms with Gasteiger partial charge in [-0.15, -0.1) is 0 Å². The van der Waals surface area contributed by atoms with Crippen LogP contribution in [-0.2, 0) is 0 Å². The van der Waals surface area contributed by atoms with Gasteiger partial charge in [0, 0.05) is 11.1 Å². The Morgan fingerprint density at radius 2 is 1.95 bits per heavy atom. The summed E-state index contributed by atoms with van der Waals surface area (Å²) in [6.45, 7) is 0. The van der Waals surface area contributed by atoms with Crippen LogP contribution >= 0.6 is 0 Å². The summed E-state index contributed by atoms with van der Waals surface area (Å²) in [7, 11) is 2.78. The molecule has 5 heteroatoms. The summed E-state index contributed by atoms with van der Waals surface area (Å²) in [6, 6.07) is 8.80. The molecule has 0 bridgehead atoms. The number of benzene rings is 2. The summed E-state index contributed by atoms with van der Waals surface area (Å²) in [5, 5.41) is 9.66. The summed E-state index contributed by atoms with van der Waals surface area (Å²) >= 11 is 0. The molecule has 0 spiro atoms. The van der Waals surface area contributed by atoms with Crippen molar-refractivity contribution in [2.24, 2.45) is 0 Å². The number of phenolic OH excluding ortho intramolecular Hbond substituents is 1. The molecule has 2 aromatic rings. The van der Waals surface area contributed by atoms with Gasteiger partial charge in [0.1, 0.15) is 0 Å². The number of hydrogen-bond donors (Lipinski definition) is 1. The minimum atomic E-state index is -0.600. The molecule has 4 nitrogen and oxygen atoms in total. The van der Waals surface area contributed by atoms with E-state index in [0.29, 0.717) is 5.56 Å². The maximum Gasteiger partial charge on any atom is 0.185 e. The summed E-state index contributed by atoms with van der Waals surface area (Å²) < 4.78 is 23.5. The third kappa shape index (κ3) is 3.25. The average molecular weight is 302 g/mol. The summed E-state index contributed by atoms with van der Waals surface area (Å²) in [4.78, 5) is 12.1. The van der Waals surface area contributed by atoms with Crippen molar-refractivity contribution < 1.29 is 23.8 Å². The molecule has 0 aliphatic rings. The van der Waals surface area contributed by atoms with Gasteiger partial charge in [-0.1, -0.05) is 12.1 Å². The quantitative estimate of drug-likeness (QED) is 0.679. The van der Waals surface area contributed by atoms with E-state index in [0.717, 1.165) is 6.07 Å². The predicted octanol–water partition coefficient (Wildman–Crippen LogP) is 3.44. The van der Waals surface area contributed by atoms with E-state index in [-0.39, 0.29) is 28.6 Å². The Morgan fingerprint density at radius 3 is 2.59 bits per heavy atom. The van der Waals surface area contributed by atoms with Crippen LogP contribution in [0.15, 0.2) is 42.5 Å². The van der Waals surface area contributed by atoms with Crippen LogP contribution in [0, 0.1) is 5.82 Å². The van der Waals surface area contributed by atoms with Gasteiger partial charge in [-0.25, -0.2) is 4.39 Å². The lowest BCUT2D eigenvalue weighted by Gasteiger charge is -2.06. The predicted molar refractivity (Wildman–Crippen MR) is 81.0 cm³/mol. The van der Waals surface area contributed by atoms with Crippen molar-refractivity contribution >= 4 is 11.9 Å². The molecule has 0 aliphatic heterocycles. The van der Waals surface area contributed by atoms with E-state index in [1.54, 1.807) is 12.1 Å². The molecule has 0 saturated heterocycles. The van der Waals surface area contributed by atoms with Gasteiger partial charge in [0.25, 0.3) is 0 Å². The largest absolute Gasteiger partial charge is 0.504 e. The molecule has 0 amide bonds. The van der Waals surface area contributed by atoms with Crippen LogP contribution in [-0.4, -0.2) is 25.1 Å². The van der Waals surface area contributed by atoms with Gasteiger partial charge in [0.2, 0.25) is 0 Å². The van der Waals surface area contributed by atoms with Crippen molar-refractivity contribution in [2.45, 2.75) is 0 Å². The molecule has 2 aromatic carbocycles. The van der Waals surface area contributed by atoms with Crippen LogP contribution in [0.5, 0.6) is 17.2 Å². The Kier molecular flexibility index (Phi) is 4.78. The van der Waals surface area contributed by atoms with Crippen molar-refractivity contribution in [3.8, 4) is 17.2 Å². The molecule has 0 saturated carbocycles. The van der Waals surface area contributed by atoms with Crippen LogP contribution in [0.1, 0.15) is 15.9 Å². The number of methoxy groups -OCH3 is 2. The number of allylic oxidation sites excluding steroid dienone is 1. The fourth-order valence-electron chi connectivity index (χ4n) is 1.98. The standard InChI is InChI=1S/C17H15FO4/c1-21-16-9-7-12(10-13(16)18)14(19)8-6-11-4-3-5-15(20)17(11)22-2/h3-10,20H,1-2H3/b8-6+. The van der Waals surface area contributed by atoms with Crippen molar-refractivity contribution in [1.82, 2.24) is 0 Å². The molecule has 1 N–H and O–H groups in total. The molecule has 0 atom stereocenters. The maximum absolute atomic E-state index is 13.6. The fraction of sp³-hybridized carbons (Fsp3) is 0.118. The smallest absolute Gasteiger partial charge is 0.185 e. The second-order valence-electron chi connectivity index (χ2n) is 4.45. The first-order chi connectivity index (χ1) is 10.6. The zero-order valence-electron chi connectivity index (χ0n) is 12.2. The van der Waals surface area contributed by atoms with Crippen molar-refractivity contribution in [3.63, 3.8) is 0 Å². The first kappa shape index (κ1) is 15.6. The number of phenols is 1. The number of hydrogen-bond acceptors (Lipinski definition) is 4. The normalized spacial score (nSPS) is 10.7. The van der Waals surface area contributed by atoms with Crippen LogP contribution in [0.4, 0.5) is 4.39 Å². The number of halogens is 1. The van der Waals surface area contributed by atoms with E-state index in [9.17, 15) is 14.3 Å². The van der Waals surface area contributed by atoms with Gasteiger partial charge in [0.05, 0.1) is 14.2 Å². The average Bonchev–Trinajstić information content (AvgIpc) is 2.52. The minimum Gasteiger partial charge on any atom is -0.504 e. The van der Waals surface area contributed by atoms with Gasteiger partial charge < -0.3 is 14.6 Å². The molecule has 2 rings (SSSR count). The monoisotopic (exact) mass is 302 g/mol. The summed E-state index contributed by atoms with van der Waals surface area (Å²) in [5.74, 6) is -0.640. The third-order valence-corrected chi connectivity index (χ3v) is 3.08. The number of ether oxygens (including phenoxy) is 2. The summed E-state index contributed by atoms with van der Waals surface area (Å²) in [5.41, 5.74) is 0.749. The van der Waals surface area contributed by atoms with E-state index in [1.165, 1.54) is 44.6 Å². The lowest BCUT2D eigenvalue weighted by molar-refractivity contribution is 0.104. The third-order valence-electron chi connectivity index (χ3n) is 3.08. The van der Waals surface area contributed by atoms with E-state index in [4.69, 9.17) is 9.47 Å². The van der Waals surface area contributed by atoms with E-state index in [2.05, 4.69) is 0 Å². The lowest BCUT2D eigenvalue weighted by Crippen LogP contribution is -1.97. The topological polar surface area (TPSA) is 55.8 Å². The second kappa shape index (κ2) is 6.76. The van der Waals surface area contributed by atoms with Gasteiger partial charge in [-0.3, -0.25) is 4.79 Å².